The second kappa shape index (κ2) is 10.6. The number of methoxy groups -OCH3 is 1. The van der Waals surface area contributed by atoms with Crippen molar-refractivity contribution in [1.82, 2.24) is 20.4 Å². The molecule has 9 nitrogen and oxygen atoms in total. The van der Waals surface area contributed by atoms with Gasteiger partial charge in [-0.3, -0.25) is 9.78 Å². The molecule has 1 fully saturated rings. The first-order valence-corrected chi connectivity index (χ1v) is 13.3. The number of aryl methyl sites for hydroxylation is 2. The number of hydrogen-bond acceptors (Lipinski definition) is 8. The maximum atomic E-state index is 13.0. The number of pyridine rings is 1. The Morgan fingerprint density at radius 1 is 1.11 bits per heavy atom. The molecule has 0 aliphatic heterocycles. The van der Waals surface area contributed by atoms with Crippen LogP contribution in [0.1, 0.15) is 58.9 Å². The van der Waals surface area contributed by atoms with Gasteiger partial charge in [-0.25, -0.2) is 8.42 Å². The molecular weight excluding hydrogens is 468 g/mol. The summed E-state index contributed by atoms with van der Waals surface area (Å²) in [5, 5.41) is 6.69. The molecule has 3 aromatic rings. The first-order chi connectivity index (χ1) is 16.7. The third kappa shape index (κ3) is 6.05. The van der Waals surface area contributed by atoms with E-state index in [2.05, 4.69) is 20.4 Å². The number of carbonyl (C=O) groups excluding carboxylic acids is 1. The van der Waals surface area contributed by atoms with E-state index in [1.165, 1.54) is 12.7 Å². The van der Waals surface area contributed by atoms with Crippen LogP contribution in [-0.2, 0) is 22.0 Å². The van der Waals surface area contributed by atoms with E-state index >= 15 is 0 Å². The molecule has 0 saturated heterocycles. The highest BCUT2D eigenvalue weighted by Gasteiger charge is 2.27. The molecule has 2 aromatic heterocycles. The molecular formula is C25H30N4O5S. The highest BCUT2D eigenvalue weighted by molar-refractivity contribution is 7.90. The summed E-state index contributed by atoms with van der Waals surface area (Å²) in [6.45, 7) is 3.42. The van der Waals surface area contributed by atoms with Gasteiger partial charge in [0.1, 0.15) is 11.5 Å². The van der Waals surface area contributed by atoms with Crippen molar-refractivity contribution in [2.45, 2.75) is 62.6 Å². The molecule has 10 heteroatoms. The second-order valence-electron chi connectivity index (χ2n) is 9.12. The summed E-state index contributed by atoms with van der Waals surface area (Å²) in [6, 6.07) is 7.44. The molecule has 0 spiro atoms. The number of benzene rings is 1. The van der Waals surface area contributed by atoms with Crippen molar-refractivity contribution in [2.75, 3.05) is 7.11 Å². The summed E-state index contributed by atoms with van der Waals surface area (Å²) in [5.74, 6) is -0.0455. The predicted molar refractivity (Wildman–Crippen MR) is 129 cm³/mol. The van der Waals surface area contributed by atoms with Gasteiger partial charge >= 0.3 is 11.8 Å². The number of ether oxygens (including phenoxy) is 1. The van der Waals surface area contributed by atoms with Crippen LogP contribution in [0.5, 0.6) is 5.75 Å². The number of sulfone groups is 1. The molecule has 186 valence electrons. The zero-order valence-electron chi connectivity index (χ0n) is 20.2. The number of rotatable bonds is 8. The fourth-order valence-electron chi connectivity index (χ4n) is 4.78. The average molecular weight is 499 g/mol. The van der Waals surface area contributed by atoms with Crippen molar-refractivity contribution >= 4 is 15.7 Å². The van der Waals surface area contributed by atoms with E-state index in [0.29, 0.717) is 22.8 Å². The molecule has 2 heterocycles. The summed E-state index contributed by atoms with van der Waals surface area (Å²) >= 11 is 0. The number of aromatic nitrogens is 3. The van der Waals surface area contributed by atoms with Crippen LogP contribution in [0.4, 0.5) is 0 Å². The van der Waals surface area contributed by atoms with Crippen LogP contribution >= 0.6 is 0 Å². The molecule has 35 heavy (non-hydrogen) atoms. The van der Waals surface area contributed by atoms with Gasteiger partial charge in [0.15, 0.2) is 15.7 Å². The van der Waals surface area contributed by atoms with Crippen LogP contribution in [0.2, 0.25) is 0 Å². The van der Waals surface area contributed by atoms with E-state index in [-0.39, 0.29) is 22.7 Å². The summed E-state index contributed by atoms with van der Waals surface area (Å²) in [6.07, 6.45) is 8.40. The fourth-order valence-corrected chi connectivity index (χ4v) is 6.48. The summed E-state index contributed by atoms with van der Waals surface area (Å²) in [7, 11) is -2.22. The van der Waals surface area contributed by atoms with Crippen LogP contribution in [0.25, 0.3) is 0 Å². The predicted octanol–water partition coefficient (Wildman–Crippen LogP) is 3.60. The molecule has 1 aromatic carbocycles. The van der Waals surface area contributed by atoms with E-state index in [0.717, 1.165) is 32.1 Å². The van der Waals surface area contributed by atoms with Gasteiger partial charge in [0, 0.05) is 18.4 Å². The topological polar surface area (TPSA) is 124 Å². The van der Waals surface area contributed by atoms with Crippen molar-refractivity contribution < 1.29 is 22.5 Å². The first-order valence-electron chi connectivity index (χ1n) is 11.7. The lowest BCUT2D eigenvalue weighted by molar-refractivity contribution is 0.0877. The van der Waals surface area contributed by atoms with E-state index < -0.39 is 21.5 Å². The quantitative estimate of drug-likeness (QED) is 0.500. The van der Waals surface area contributed by atoms with Crippen LogP contribution in [-0.4, -0.2) is 42.6 Å². The normalized spacial score (nSPS) is 18.3. The van der Waals surface area contributed by atoms with E-state index in [9.17, 15) is 13.2 Å². The van der Waals surface area contributed by atoms with Gasteiger partial charge in [0.25, 0.3) is 0 Å². The van der Waals surface area contributed by atoms with Gasteiger partial charge in [-0.2, -0.15) is 4.98 Å². The van der Waals surface area contributed by atoms with E-state index in [4.69, 9.17) is 9.26 Å². The summed E-state index contributed by atoms with van der Waals surface area (Å²) in [5.41, 5.74) is 2.42. The number of carbonyl (C=O) groups is 1. The molecule has 1 N–H and O–H groups in total. The SMILES string of the molecule is COc1cc(C)c(S(=O)(=O)Cc2noc(C(=O)NC3CCC(Cc4ccncc4)CC3)n2)c(C)c1. The largest absolute Gasteiger partial charge is 0.497 e. The summed E-state index contributed by atoms with van der Waals surface area (Å²) < 4.78 is 36.4. The number of nitrogens with one attached hydrogen (secondary N) is 1. The van der Waals surface area contributed by atoms with Gasteiger partial charge in [-0.1, -0.05) is 5.16 Å². The van der Waals surface area contributed by atoms with Crippen molar-refractivity contribution in [2.24, 2.45) is 5.92 Å². The zero-order chi connectivity index (χ0) is 25.0. The standard InChI is InChI=1S/C25H30N4O5S/c1-16-12-21(33-3)13-17(2)23(16)35(31,32)15-22-28-25(34-29-22)24(30)27-20-6-4-18(5-7-20)14-19-8-10-26-11-9-19/h8-13,18,20H,4-7,14-15H2,1-3H3,(H,27,30). The molecule has 0 atom stereocenters. The second-order valence-corrected chi connectivity index (χ2v) is 11.0. The van der Waals surface area contributed by atoms with Crippen molar-refractivity contribution in [3.05, 3.63) is 65.1 Å². The molecule has 1 aliphatic carbocycles. The minimum Gasteiger partial charge on any atom is -0.497 e. The fraction of sp³-hybridized carbons (Fsp3) is 0.440. The maximum Gasteiger partial charge on any atom is 0.315 e. The molecule has 1 amide bonds. The Bertz CT molecular complexity index is 1260. The van der Waals surface area contributed by atoms with Gasteiger partial charge in [0.2, 0.25) is 0 Å². The van der Waals surface area contributed by atoms with Gasteiger partial charge in [-0.05, 0) is 92.8 Å². The highest BCUT2D eigenvalue weighted by atomic mass is 32.2. The lowest BCUT2D eigenvalue weighted by Gasteiger charge is -2.28. The number of amides is 1. The Kier molecular flexibility index (Phi) is 7.49. The van der Waals surface area contributed by atoms with Crippen LogP contribution in [0.3, 0.4) is 0 Å². The van der Waals surface area contributed by atoms with Gasteiger partial charge in [0.05, 0.1) is 12.0 Å². The van der Waals surface area contributed by atoms with E-state index in [1.807, 2.05) is 24.5 Å². The Balaban J connectivity index is 1.34. The van der Waals surface area contributed by atoms with Crippen LogP contribution in [0.15, 0.2) is 46.1 Å². The van der Waals surface area contributed by atoms with Gasteiger partial charge < -0.3 is 14.6 Å². The average Bonchev–Trinajstić information content (AvgIpc) is 3.28. The number of nitrogens with zero attached hydrogens (tertiary/aromatic N) is 3. The van der Waals surface area contributed by atoms with Crippen molar-refractivity contribution in [3.8, 4) is 5.75 Å². The Hall–Kier alpha value is -3.27. The number of hydrogen-bond donors (Lipinski definition) is 1. The lowest BCUT2D eigenvalue weighted by atomic mass is 9.82. The third-order valence-corrected chi connectivity index (χ3v) is 8.32. The van der Waals surface area contributed by atoms with Crippen LogP contribution < -0.4 is 10.1 Å². The molecule has 1 saturated carbocycles. The highest BCUT2D eigenvalue weighted by Crippen LogP contribution is 2.29. The molecule has 0 unspecified atom stereocenters. The molecule has 4 rings (SSSR count). The smallest absolute Gasteiger partial charge is 0.315 e. The molecule has 0 radical (unpaired) electrons. The first kappa shape index (κ1) is 24.8. The molecule has 0 bridgehead atoms. The van der Waals surface area contributed by atoms with Crippen molar-refractivity contribution in [1.29, 1.82) is 0 Å². The minimum absolute atomic E-state index is 0.0277. The van der Waals surface area contributed by atoms with Crippen molar-refractivity contribution in [3.63, 3.8) is 0 Å². The minimum atomic E-state index is -3.75. The van der Waals surface area contributed by atoms with Gasteiger partial charge in [-0.15, -0.1) is 0 Å². The zero-order valence-corrected chi connectivity index (χ0v) is 21.0. The maximum absolute atomic E-state index is 13.0. The summed E-state index contributed by atoms with van der Waals surface area (Å²) in [4.78, 5) is 20.9. The Morgan fingerprint density at radius 2 is 1.77 bits per heavy atom. The third-order valence-electron chi connectivity index (χ3n) is 6.42. The Morgan fingerprint density at radius 3 is 2.40 bits per heavy atom. The van der Waals surface area contributed by atoms with E-state index in [1.54, 1.807) is 26.0 Å². The Labute approximate surface area is 205 Å². The lowest BCUT2D eigenvalue weighted by Crippen LogP contribution is -2.38. The van der Waals surface area contributed by atoms with Crippen LogP contribution in [0, 0.1) is 19.8 Å². The molecule has 1 aliphatic rings. The monoisotopic (exact) mass is 498 g/mol.